The highest BCUT2D eigenvalue weighted by molar-refractivity contribution is 4.68. The van der Waals surface area contributed by atoms with E-state index in [1.165, 1.54) is 12.8 Å². The zero-order valence-corrected chi connectivity index (χ0v) is 10.7. The summed E-state index contributed by atoms with van der Waals surface area (Å²) in [4.78, 5) is 2.36. The maximum Gasteiger partial charge on any atom is 0.0705 e. The summed E-state index contributed by atoms with van der Waals surface area (Å²) in [6.07, 6.45) is 3.72. The highest BCUT2D eigenvalue weighted by atomic mass is 16.5. The summed E-state index contributed by atoms with van der Waals surface area (Å²) < 4.78 is 10.7. The van der Waals surface area contributed by atoms with Crippen molar-refractivity contribution < 1.29 is 9.47 Å². The normalized spacial score (nSPS) is 23.6. The number of hydrogen-bond acceptors (Lipinski definition) is 4. The third-order valence-electron chi connectivity index (χ3n) is 3.25. The molecule has 0 spiro atoms. The second-order valence-electron chi connectivity index (χ2n) is 4.73. The highest BCUT2D eigenvalue weighted by Gasteiger charge is 2.16. The first-order chi connectivity index (χ1) is 7.76. The van der Waals surface area contributed by atoms with Crippen molar-refractivity contribution in [2.75, 3.05) is 47.0 Å². The van der Waals surface area contributed by atoms with E-state index in [2.05, 4.69) is 11.9 Å². The van der Waals surface area contributed by atoms with Crippen LogP contribution >= 0.6 is 0 Å². The molecule has 2 atom stereocenters. The van der Waals surface area contributed by atoms with Crippen LogP contribution in [-0.2, 0) is 9.47 Å². The molecule has 1 aliphatic heterocycles. The number of methoxy groups -OCH3 is 1. The fourth-order valence-electron chi connectivity index (χ4n) is 2.18. The van der Waals surface area contributed by atoms with Crippen LogP contribution in [0.3, 0.4) is 0 Å². The van der Waals surface area contributed by atoms with E-state index in [1.807, 2.05) is 0 Å². The third kappa shape index (κ3) is 5.25. The maximum atomic E-state index is 5.59. The Bertz CT molecular complexity index is 168. The molecule has 0 bridgehead atoms. The summed E-state index contributed by atoms with van der Waals surface area (Å²) in [5.41, 5.74) is 5.59. The van der Waals surface area contributed by atoms with Gasteiger partial charge in [0.25, 0.3) is 0 Å². The van der Waals surface area contributed by atoms with E-state index in [-0.39, 0.29) is 6.10 Å². The summed E-state index contributed by atoms with van der Waals surface area (Å²) in [7, 11) is 3.89. The van der Waals surface area contributed by atoms with Crippen LogP contribution in [0.4, 0.5) is 0 Å². The number of nitrogens with two attached hydrogens (primary N) is 1. The van der Waals surface area contributed by atoms with Crippen molar-refractivity contribution in [2.45, 2.75) is 25.4 Å². The van der Waals surface area contributed by atoms with Crippen molar-refractivity contribution in [1.82, 2.24) is 4.90 Å². The smallest absolute Gasteiger partial charge is 0.0705 e. The number of hydrogen-bond donors (Lipinski definition) is 1. The van der Waals surface area contributed by atoms with Crippen molar-refractivity contribution in [3.05, 3.63) is 0 Å². The molecule has 0 saturated carbocycles. The maximum absolute atomic E-state index is 5.59. The number of nitrogens with zero attached hydrogens (tertiary/aromatic N) is 1. The quantitative estimate of drug-likeness (QED) is 0.700. The van der Waals surface area contributed by atoms with E-state index < -0.39 is 0 Å². The van der Waals surface area contributed by atoms with E-state index in [0.29, 0.717) is 12.5 Å². The van der Waals surface area contributed by atoms with E-state index in [0.717, 1.165) is 32.7 Å². The first-order valence-electron chi connectivity index (χ1n) is 6.25. The summed E-state index contributed by atoms with van der Waals surface area (Å²) in [5.74, 6) is 0.706. The molecule has 0 amide bonds. The third-order valence-corrected chi connectivity index (χ3v) is 3.25. The average molecular weight is 230 g/mol. The minimum Gasteiger partial charge on any atom is -0.381 e. The molecule has 0 aromatic rings. The largest absolute Gasteiger partial charge is 0.381 e. The van der Waals surface area contributed by atoms with Crippen molar-refractivity contribution in [3.8, 4) is 0 Å². The molecule has 4 nitrogen and oxygen atoms in total. The standard InChI is InChI=1S/C12H26N2O2/c1-14(6-5-12(8-13)15-2)9-11-4-3-7-16-10-11/h11-12H,3-10,13H2,1-2H3. The van der Waals surface area contributed by atoms with Crippen molar-refractivity contribution in [1.29, 1.82) is 0 Å². The van der Waals surface area contributed by atoms with Crippen molar-refractivity contribution in [3.63, 3.8) is 0 Å². The van der Waals surface area contributed by atoms with Gasteiger partial charge in [-0.2, -0.15) is 0 Å². The first kappa shape index (κ1) is 13.9. The van der Waals surface area contributed by atoms with Crippen LogP contribution in [0.25, 0.3) is 0 Å². The Labute approximate surface area is 99.1 Å². The zero-order chi connectivity index (χ0) is 11.8. The molecule has 2 N–H and O–H groups in total. The lowest BCUT2D eigenvalue weighted by Gasteiger charge is -2.27. The second-order valence-corrected chi connectivity index (χ2v) is 4.73. The highest BCUT2D eigenvalue weighted by Crippen LogP contribution is 2.14. The number of ether oxygens (including phenoxy) is 2. The Balaban J connectivity index is 2.11. The van der Waals surface area contributed by atoms with Gasteiger partial charge in [-0.25, -0.2) is 0 Å². The molecule has 1 aliphatic rings. The van der Waals surface area contributed by atoms with Crippen LogP contribution in [0, 0.1) is 5.92 Å². The Morgan fingerprint density at radius 3 is 2.94 bits per heavy atom. The molecular formula is C12H26N2O2. The molecule has 96 valence electrons. The second kappa shape index (κ2) is 8.01. The van der Waals surface area contributed by atoms with Crippen LogP contribution < -0.4 is 5.73 Å². The van der Waals surface area contributed by atoms with Crippen LogP contribution in [0.2, 0.25) is 0 Å². The van der Waals surface area contributed by atoms with Gasteiger partial charge in [0.05, 0.1) is 12.7 Å². The van der Waals surface area contributed by atoms with Gasteiger partial charge in [0, 0.05) is 33.4 Å². The molecule has 2 unspecified atom stereocenters. The molecule has 0 aliphatic carbocycles. The average Bonchev–Trinajstić information content (AvgIpc) is 2.31. The van der Waals surface area contributed by atoms with E-state index in [1.54, 1.807) is 7.11 Å². The Morgan fingerprint density at radius 1 is 1.56 bits per heavy atom. The van der Waals surface area contributed by atoms with Crippen LogP contribution in [0.1, 0.15) is 19.3 Å². The lowest BCUT2D eigenvalue weighted by Crippen LogP contribution is -2.34. The molecule has 1 heterocycles. The molecule has 4 heteroatoms. The van der Waals surface area contributed by atoms with Gasteiger partial charge >= 0.3 is 0 Å². The van der Waals surface area contributed by atoms with Gasteiger partial charge in [0.1, 0.15) is 0 Å². The zero-order valence-electron chi connectivity index (χ0n) is 10.7. The molecule has 0 radical (unpaired) electrons. The van der Waals surface area contributed by atoms with Crippen molar-refractivity contribution >= 4 is 0 Å². The van der Waals surface area contributed by atoms with Crippen molar-refractivity contribution in [2.24, 2.45) is 11.7 Å². The lowest BCUT2D eigenvalue weighted by atomic mass is 10.0. The van der Waals surface area contributed by atoms with Gasteiger partial charge in [-0.15, -0.1) is 0 Å². The SMILES string of the molecule is COC(CN)CCN(C)CC1CCCOC1. The van der Waals surface area contributed by atoms with Gasteiger partial charge in [-0.05, 0) is 32.2 Å². The predicted molar refractivity (Wildman–Crippen MR) is 65.5 cm³/mol. The Hall–Kier alpha value is -0.160. The van der Waals surface area contributed by atoms with E-state index in [4.69, 9.17) is 15.2 Å². The van der Waals surface area contributed by atoms with Crippen LogP contribution in [0.15, 0.2) is 0 Å². The van der Waals surface area contributed by atoms with Gasteiger partial charge in [-0.3, -0.25) is 0 Å². The molecular weight excluding hydrogens is 204 g/mol. The minimum absolute atomic E-state index is 0.199. The minimum atomic E-state index is 0.199. The summed E-state index contributed by atoms with van der Waals surface area (Å²) in [6.45, 7) is 4.65. The molecule has 1 fully saturated rings. The Morgan fingerprint density at radius 2 is 2.38 bits per heavy atom. The molecule has 0 aromatic carbocycles. The predicted octanol–water partition coefficient (Wildman–Crippen LogP) is 0.709. The van der Waals surface area contributed by atoms with Crippen LogP contribution in [0.5, 0.6) is 0 Å². The lowest BCUT2D eigenvalue weighted by molar-refractivity contribution is 0.0382. The van der Waals surface area contributed by atoms with Gasteiger partial charge < -0.3 is 20.1 Å². The summed E-state index contributed by atoms with van der Waals surface area (Å²) in [6, 6.07) is 0. The van der Waals surface area contributed by atoms with Gasteiger partial charge in [-0.1, -0.05) is 0 Å². The fourth-order valence-corrected chi connectivity index (χ4v) is 2.18. The van der Waals surface area contributed by atoms with Crippen LogP contribution in [-0.4, -0.2) is 58.0 Å². The molecule has 16 heavy (non-hydrogen) atoms. The number of rotatable bonds is 7. The monoisotopic (exact) mass is 230 g/mol. The first-order valence-corrected chi connectivity index (χ1v) is 6.25. The van der Waals surface area contributed by atoms with Gasteiger partial charge in [0.15, 0.2) is 0 Å². The summed E-state index contributed by atoms with van der Waals surface area (Å²) >= 11 is 0. The molecule has 1 saturated heterocycles. The fraction of sp³-hybridized carbons (Fsp3) is 1.00. The topological polar surface area (TPSA) is 47.7 Å². The Kier molecular flexibility index (Phi) is 6.96. The van der Waals surface area contributed by atoms with E-state index >= 15 is 0 Å². The van der Waals surface area contributed by atoms with E-state index in [9.17, 15) is 0 Å². The molecule has 0 aromatic heterocycles. The van der Waals surface area contributed by atoms with Gasteiger partial charge in [0.2, 0.25) is 0 Å². The molecule has 1 rings (SSSR count). The summed E-state index contributed by atoms with van der Waals surface area (Å²) in [5, 5.41) is 0.